The Hall–Kier alpha value is -1.36. The van der Waals surface area contributed by atoms with Crippen molar-refractivity contribution in [2.75, 3.05) is 0 Å². The van der Waals surface area contributed by atoms with Crippen LogP contribution >= 0.6 is 0 Å². The van der Waals surface area contributed by atoms with E-state index in [0.29, 0.717) is 12.3 Å². The smallest absolute Gasteiger partial charge is 0.258 e. The Kier molecular flexibility index (Phi) is 2.73. The number of amides is 1. The van der Waals surface area contributed by atoms with E-state index in [1.54, 1.807) is 4.68 Å². The lowest BCUT2D eigenvalue weighted by Crippen LogP contribution is -2.37. The Morgan fingerprint density at radius 3 is 3.07 bits per heavy atom. The predicted molar refractivity (Wildman–Crippen MR) is 55.9 cm³/mol. The molecule has 1 atom stereocenters. The Morgan fingerprint density at radius 1 is 1.80 bits per heavy atom. The average Bonchev–Trinajstić information content (AvgIpc) is 3.00. The number of carbonyl (C=O) groups excluding carboxylic acids is 1. The highest BCUT2D eigenvalue weighted by Crippen LogP contribution is 2.39. The lowest BCUT2D eigenvalue weighted by molar-refractivity contribution is -0.124. The van der Waals surface area contributed by atoms with Crippen LogP contribution in [0.5, 0.6) is 0 Å². The minimum Gasteiger partial charge on any atom is -0.292 e. The number of rotatable bonds is 4. The molecule has 0 bridgehead atoms. The first-order valence-corrected chi connectivity index (χ1v) is 5.31. The normalized spacial score (nSPS) is 17.5. The number of hydrogen-bond acceptors (Lipinski definition) is 3. The van der Waals surface area contributed by atoms with Crippen molar-refractivity contribution in [1.82, 2.24) is 15.2 Å². The summed E-state index contributed by atoms with van der Waals surface area (Å²) < 4.78 is 1.70. The predicted octanol–water partition coefficient (Wildman–Crippen LogP) is 0.701. The Balaban J connectivity index is 2.14. The fourth-order valence-corrected chi connectivity index (χ4v) is 1.71. The maximum atomic E-state index is 11.4. The van der Waals surface area contributed by atoms with E-state index in [1.807, 2.05) is 19.2 Å². The van der Waals surface area contributed by atoms with Crippen LogP contribution in [0.1, 0.15) is 43.8 Å². The van der Waals surface area contributed by atoms with Crippen LogP contribution in [-0.4, -0.2) is 15.7 Å². The average molecular weight is 208 g/mol. The van der Waals surface area contributed by atoms with Gasteiger partial charge >= 0.3 is 0 Å². The monoisotopic (exact) mass is 208 g/mol. The molecule has 1 aliphatic rings. The number of nitrogens with two attached hydrogens (primary N) is 1. The van der Waals surface area contributed by atoms with Crippen molar-refractivity contribution in [3.63, 3.8) is 0 Å². The topological polar surface area (TPSA) is 72.9 Å². The molecule has 1 fully saturated rings. The van der Waals surface area contributed by atoms with Crippen molar-refractivity contribution in [3.8, 4) is 0 Å². The van der Waals surface area contributed by atoms with E-state index >= 15 is 0 Å². The van der Waals surface area contributed by atoms with Crippen LogP contribution in [0.15, 0.2) is 12.3 Å². The molecule has 0 aliphatic heterocycles. The zero-order chi connectivity index (χ0) is 10.8. The molecule has 0 spiro atoms. The molecule has 1 unspecified atom stereocenters. The van der Waals surface area contributed by atoms with Crippen molar-refractivity contribution in [3.05, 3.63) is 18.0 Å². The first kappa shape index (κ1) is 10.2. The highest BCUT2D eigenvalue weighted by atomic mass is 16.2. The second-order valence-electron chi connectivity index (χ2n) is 3.93. The van der Waals surface area contributed by atoms with Gasteiger partial charge in [0.15, 0.2) is 0 Å². The van der Waals surface area contributed by atoms with Crippen molar-refractivity contribution in [2.24, 2.45) is 5.84 Å². The quantitative estimate of drug-likeness (QED) is 0.434. The van der Waals surface area contributed by atoms with Gasteiger partial charge < -0.3 is 0 Å². The fourth-order valence-electron chi connectivity index (χ4n) is 1.71. The molecule has 1 aromatic heterocycles. The maximum absolute atomic E-state index is 11.4. The Morgan fingerprint density at radius 2 is 2.53 bits per heavy atom. The van der Waals surface area contributed by atoms with Crippen LogP contribution in [0.25, 0.3) is 0 Å². The van der Waals surface area contributed by atoms with Gasteiger partial charge in [0.2, 0.25) is 0 Å². The first-order valence-electron chi connectivity index (χ1n) is 5.31. The number of carbonyl (C=O) groups is 1. The highest BCUT2D eigenvalue weighted by Gasteiger charge is 2.27. The lowest BCUT2D eigenvalue weighted by Gasteiger charge is -2.13. The van der Waals surface area contributed by atoms with E-state index in [2.05, 4.69) is 10.5 Å². The summed E-state index contributed by atoms with van der Waals surface area (Å²) in [5.41, 5.74) is 3.26. The minimum absolute atomic E-state index is 0.192. The molecule has 3 N–H and O–H groups in total. The molecule has 82 valence electrons. The molecule has 0 saturated heterocycles. The summed E-state index contributed by atoms with van der Waals surface area (Å²) >= 11 is 0. The Bertz CT molecular complexity index is 356. The van der Waals surface area contributed by atoms with E-state index in [0.717, 1.165) is 5.69 Å². The van der Waals surface area contributed by atoms with Crippen LogP contribution < -0.4 is 11.3 Å². The summed E-state index contributed by atoms with van der Waals surface area (Å²) in [6.07, 6.45) is 4.99. The van der Waals surface area contributed by atoms with Crippen molar-refractivity contribution >= 4 is 5.91 Å². The van der Waals surface area contributed by atoms with Gasteiger partial charge in [0.05, 0.1) is 5.69 Å². The molecule has 1 heterocycles. The number of hydrazine groups is 1. The molecule has 5 heteroatoms. The number of nitrogens with zero attached hydrogens (tertiary/aromatic N) is 2. The molecule has 0 radical (unpaired) electrons. The second-order valence-corrected chi connectivity index (χ2v) is 3.93. The van der Waals surface area contributed by atoms with Gasteiger partial charge in [-0.25, -0.2) is 5.84 Å². The molecule has 1 aromatic rings. The van der Waals surface area contributed by atoms with E-state index in [9.17, 15) is 4.79 Å². The van der Waals surface area contributed by atoms with Gasteiger partial charge in [-0.3, -0.25) is 14.9 Å². The number of nitrogens with one attached hydrogen (secondary N) is 1. The maximum Gasteiger partial charge on any atom is 0.258 e. The van der Waals surface area contributed by atoms with Gasteiger partial charge in [-0.15, -0.1) is 0 Å². The van der Waals surface area contributed by atoms with Gasteiger partial charge in [-0.2, -0.15) is 5.10 Å². The Labute approximate surface area is 88.6 Å². The summed E-state index contributed by atoms with van der Waals surface area (Å²) in [5, 5.41) is 4.41. The molecule has 1 amide bonds. The van der Waals surface area contributed by atoms with Crippen LogP contribution in [-0.2, 0) is 4.79 Å². The molecule has 1 aliphatic carbocycles. The molecule has 1 saturated carbocycles. The van der Waals surface area contributed by atoms with Crippen LogP contribution in [0, 0.1) is 0 Å². The number of hydrogen-bond donors (Lipinski definition) is 2. The lowest BCUT2D eigenvalue weighted by atomic mass is 10.2. The zero-order valence-electron chi connectivity index (χ0n) is 8.81. The molecule has 0 aromatic carbocycles. The van der Waals surface area contributed by atoms with E-state index in [-0.39, 0.29) is 11.9 Å². The zero-order valence-corrected chi connectivity index (χ0v) is 8.81. The van der Waals surface area contributed by atoms with Crippen molar-refractivity contribution < 1.29 is 4.79 Å². The first-order chi connectivity index (χ1) is 7.26. The fraction of sp³-hybridized carbons (Fsp3) is 0.600. The molecular weight excluding hydrogens is 192 g/mol. The van der Waals surface area contributed by atoms with Crippen LogP contribution in [0.3, 0.4) is 0 Å². The van der Waals surface area contributed by atoms with E-state index in [4.69, 9.17) is 5.84 Å². The third-order valence-corrected chi connectivity index (χ3v) is 2.78. The SMILES string of the molecule is CCC(C(=O)NN)n1ccc(C2CC2)n1. The summed E-state index contributed by atoms with van der Waals surface area (Å²) in [5.74, 6) is 5.55. The second kappa shape index (κ2) is 4.02. The summed E-state index contributed by atoms with van der Waals surface area (Å²) in [7, 11) is 0. The van der Waals surface area contributed by atoms with Gasteiger partial charge in [0.1, 0.15) is 6.04 Å². The van der Waals surface area contributed by atoms with E-state index < -0.39 is 0 Å². The van der Waals surface area contributed by atoms with Gasteiger partial charge in [-0.05, 0) is 25.3 Å². The molecule has 15 heavy (non-hydrogen) atoms. The standard InChI is InChI=1S/C10H16N4O/c1-2-9(10(15)12-11)14-6-5-8(13-14)7-3-4-7/h5-7,9H,2-4,11H2,1H3,(H,12,15). The third kappa shape index (κ3) is 2.02. The van der Waals surface area contributed by atoms with Gasteiger partial charge in [-0.1, -0.05) is 6.92 Å². The largest absolute Gasteiger partial charge is 0.292 e. The molecular formula is C10H16N4O. The van der Waals surface area contributed by atoms with E-state index in [1.165, 1.54) is 12.8 Å². The van der Waals surface area contributed by atoms with Crippen molar-refractivity contribution in [1.29, 1.82) is 0 Å². The van der Waals surface area contributed by atoms with Crippen LogP contribution in [0.4, 0.5) is 0 Å². The summed E-state index contributed by atoms with van der Waals surface area (Å²) in [4.78, 5) is 11.4. The van der Waals surface area contributed by atoms with Gasteiger partial charge in [0.25, 0.3) is 5.91 Å². The molecule has 5 nitrogen and oxygen atoms in total. The van der Waals surface area contributed by atoms with Gasteiger partial charge in [0, 0.05) is 12.1 Å². The summed E-state index contributed by atoms with van der Waals surface area (Å²) in [6, 6.07) is 1.70. The van der Waals surface area contributed by atoms with Crippen molar-refractivity contribution in [2.45, 2.75) is 38.1 Å². The summed E-state index contributed by atoms with van der Waals surface area (Å²) in [6.45, 7) is 1.94. The highest BCUT2D eigenvalue weighted by molar-refractivity contribution is 5.79. The minimum atomic E-state index is -0.289. The third-order valence-electron chi connectivity index (χ3n) is 2.78. The molecule has 2 rings (SSSR count). The number of aromatic nitrogens is 2. The van der Waals surface area contributed by atoms with Crippen LogP contribution in [0.2, 0.25) is 0 Å².